The summed E-state index contributed by atoms with van der Waals surface area (Å²) in [4.78, 5) is 10.2. The van der Waals surface area contributed by atoms with E-state index in [1.807, 2.05) is 0 Å². The van der Waals surface area contributed by atoms with Crippen LogP contribution < -0.4 is 10.1 Å². The lowest BCUT2D eigenvalue weighted by Crippen LogP contribution is -2.08. The van der Waals surface area contributed by atoms with Gasteiger partial charge in [0.2, 0.25) is 0 Å². The lowest BCUT2D eigenvalue weighted by Gasteiger charge is -2.10. The fourth-order valence-electron chi connectivity index (χ4n) is 1.26. The molecular formula is C11H16N2O3. The van der Waals surface area contributed by atoms with Crippen molar-refractivity contribution in [3.05, 3.63) is 28.3 Å². The summed E-state index contributed by atoms with van der Waals surface area (Å²) in [5.41, 5.74) is 0.814. The highest BCUT2D eigenvalue weighted by Gasteiger charge is 2.14. The Morgan fingerprint density at radius 1 is 1.50 bits per heavy atom. The Bertz CT molecular complexity index is 377. The third-order valence-electron chi connectivity index (χ3n) is 2.09. The van der Waals surface area contributed by atoms with Gasteiger partial charge in [-0.15, -0.1) is 0 Å². The van der Waals surface area contributed by atoms with Crippen LogP contribution in [0.2, 0.25) is 0 Å². The molecule has 0 unspecified atom stereocenters. The second kappa shape index (κ2) is 5.34. The van der Waals surface area contributed by atoms with Crippen molar-refractivity contribution < 1.29 is 9.66 Å². The average Bonchev–Trinajstić information content (AvgIpc) is 2.25. The van der Waals surface area contributed by atoms with Crippen LogP contribution >= 0.6 is 0 Å². The summed E-state index contributed by atoms with van der Waals surface area (Å²) in [6, 6.07) is 4.77. The number of rotatable bonds is 5. The Balaban J connectivity index is 2.86. The summed E-state index contributed by atoms with van der Waals surface area (Å²) in [5, 5.41) is 13.8. The van der Waals surface area contributed by atoms with Gasteiger partial charge in [-0.05, 0) is 12.0 Å². The molecule has 0 bridgehead atoms. The highest BCUT2D eigenvalue weighted by Crippen LogP contribution is 2.29. The molecule has 1 aromatic carbocycles. The number of methoxy groups -OCH3 is 1. The van der Waals surface area contributed by atoms with Gasteiger partial charge in [0.25, 0.3) is 0 Å². The van der Waals surface area contributed by atoms with E-state index in [-0.39, 0.29) is 11.4 Å². The van der Waals surface area contributed by atoms with Crippen molar-refractivity contribution in [2.45, 2.75) is 13.8 Å². The van der Waals surface area contributed by atoms with Crippen LogP contribution in [0.5, 0.6) is 5.75 Å². The van der Waals surface area contributed by atoms with Crippen molar-refractivity contribution in [1.29, 1.82) is 0 Å². The molecule has 0 aromatic heterocycles. The molecule has 0 amide bonds. The molecule has 16 heavy (non-hydrogen) atoms. The molecule has 0 heterocycles. The van der Waals surface area contributed by atoms with E-state index in [1.54, 1.807) is 12.1 Å². The number of hydrogen-bond acceptors (Lipinski definition) is 4. The zero-order valence-electron chi connectivity index (χ0n) is 9.69. The monoisotopic (exact) mass is 224 g/mol. The minimum atomic E-state index is -0.453. The van der Waals surface area contributed by atoms with Gasteiger partial charge in [0.05, 0.1) is 12.0 Å². The lowest BCUT2D eigenvalue weighted by atomic mass is 10.2. The number of nitrogens with zero attached hydrogens (tertiary/aromatic N) is 1. The van der Waals surface area contributed by atoms with Crippen LogP contribution in [0.25, 0.3) is 0 Å². The van der Waals surface area contributed by atoms with Gasteiger partial charge in [-0.3, -0.25) is 10.1 Å². The Morgan fingerprint density at radius 3 is 2.69 bits per heavy atom. The van der Waals surface area contributed by atoms with E-state index in [1.165, 1.54) is 13.2 Å². The lowest BCUT2D eigenvalue weighted by molar-refractivity contribution is -0.385. The molecule has 0 saturated carbocycles. The smallest absolute Gasteiger partial charge is 0.311 e. The Hall–Kier alpha value is -1.78. The number of ether oxygens (including phenoxy) is 1. The molecule has 1 rings (SSSR count). The Labute approximate surface area is 94.6 Å². The van der Waals surface area contributed by atoms with Gasteiger partial charge in [0, 0.05) is 24.4 Å². The summed E-state index contributed by atoms with van der Waals surface area (Å²) in [7, 11) is 1.43. The number of nitro groups is 1. The van der Waals surface area contributed by atoms with Crippen molar-refractivity contribution in [3.63, 3.8) is 0 Å². The first-order valence-electron chi connectivity index (χ1n) is 5.11. The Morgan fingerprint density at radius 2 is 2.19 bits per heavy atom. The molecule has 0 aliphatic heterocycles. The van der Waals surface area contributed by atoms with Gasteiger partial charge >= 0.3 is 5.69 Å². The fourth-order valence-corrected chi connectivity index (χ4v) is 1.26. The molecule has 1 N–H and O–H groups in total. The van der Waals surface area contributed by atoms with Crippen molar-refractivity contribution in [2.75, 3.05) is 19.0 Å². The van der Waals surface area contributed by atoms with E-state index in [9.17, 15) is 10.1 Å². The van der Waals surface area contributed by atoms with Crippen molar-refractivity contribution >= 4 is 11.4 Å². The van der Waals surface area contributed by atoms with Crippen LogP contribution in [-0.2, 0) is 0 Å². The van der Waals surface area contributed by atoms with E-state index < -0.39 is 4.92 Å². The van der Waals surface area contributed by atoms with E-state index in [4.69, 9.17) is 4.74 Å². The van der Waals surface area contributed by atoms with Gasteiger partial charge in [-0.25, -0.2) is 0 Å². The summed E-state index contributed by atoms with van der Waals surface area (Å²) >= 11 is 0. The van der Waals surface area contributed by atoms with Gasteiger partial charge in [-0.1, -0.05) is 13.8 Å². The number of benzene rings is 1. The molecule has 0 spiro atoms. The van der Waals surface area contributed by atoms with Crippen LogP contribution in [0, 0.1) is 16.0 Å². The third-order valence-corrected chi connectivity index (χ3v) is 2.09. The minimum Gasteiger partial charge on any atom is -0.490 e. The molecule has 0 atom stereocenters. The van der Waals surface area contributed by atoms with Gasteiger partial charge in [0.15, 0.2) is 5.75 Å². The minimum absolute atomic E-state index is 0.0161. The van der Waals surface area contributed by atoms with Crippen molar-refractivity contribution in [1.82, 2.24) is 0 Å². The molecule has 0 radical (unpaired) electrons. The highest BCUT2D eigenvalue weighted by atomic mass is 16.6. The van der Waals surface area contributed by atoms with Crippen LogP contribution in [0.4, 0.5) is 11.4 Å². The van der Waals surface area contributed by atoms with Crippen LogP contribution in [0.3, 0.4) is 0 Å². The SMILES string of the molecule is COc1cc(NCC(C)C)ccc1[N+](=O)[O-]. The molecule has 1 aromatic rings. The quantitative estimate of drug-likeness (QED) is 0.617. The number of hydrogen-bond donors (Lipinski definition) is 1. The van der Waals surface area contributed by atoms with Crippen LogP contribution in [0.1, 0.15) is 13.8 Å². The molecule has 0 saturated heterocycles. The van der Waals surface area contributed by atoms with Gasteiger partial charge < -0.3 is 10.1 Å². The number of nitrogens with one attached hydrogen (secondary N) is 1. The normalized spacial score (nSPS) is 10.2. The first kappa shape index (κ1) is 12.3. The van der Waals surface area contributed by atoms with Crippen LogP contribution in [-0.4, -0.2) is 18.6 Å². The molecule has 0 aliphatic rings. The second-order valence-electron chi connectivity index (χ2n) is 3.92. The summed E-state index contributed by atoms with van der Waals surface area (Å²) in [6.07, 6.45) is 0. The molecule has 0 aliphatic carbocycles. The molecule has 5 nitrogen and oxygen atoms in total. The Kier molecular flexibility index (Phi) is 4.10. The van der Waals surface area contributed by atoms with Gasteiger partial charge in [0.1, 0.15) is 0 Å². The van der Waals surface area contributed by atoms with Crippen molar-refractivity contribution in [3.8, 4) is 5.75 Å². The number of anilines is 1. The summed E-state index contributed by atoms with van der Waals surface area (Å²) in [6.45, 7) is 5.01. The maximum atomic E-state index is 10.7. The third kappa shape index (κ3) is 3.12. The topological polar surface area (TPSA) is 64.4 Å². The zero-order chi connectivity index (χ0) is 12.1. The molecule has 5 heteroatoms. The molecule has 0 fully saturated rings. The van der Waals surface area contributed by atoms with E-state index in [2.05, 4.69) is 19.2 Å². The summed E-state index contributed by atoms with van der Waals surface area (Å²) in [5.74, 6) is 0.792. The first-order valence-corrected chi connectivity index (χ1v) is 5.11. The maximum absolute atomic E-state index is 10.7. The predicted octanol–water partition coefficient (Wildman–Crippen LogP) is 2.67. The fraction of sp³-hybridized carbons (Fsp3) is 0.455. The average molecular weight is 224 g/mol. The van der Waals surface area contributed by atoms with Crippen molar-refractivity contribution in [2.24, 2.45) is 5.92 Å². The largest absolute Gasteiger partial charge is 0.490 e. The van der Waals surface area contributed by atoms with Gasteiger partial charge in [-0.2, -0.15) is 0 Å². The highest BCUT2D eigenvalue weighted by molar-refractivity contribution is 5.57. The first-order chi connectivity index (χ1) is 7.54. The van der Waals surface area contributed by atoms with E-state index >= 15 is 0 Å². The standard InChI is InChI=1S/C11H16N2O3/c1-8(2)7-12-9-4-5-10(13(14)15)11(6-9)16-3/h4-6,8,12H,7H2,1-3H3. The second-order valence-corrected chi connectivity index (χ2v) is 3.92. The maximum Gasteiger partial charge on any atom is 0.311 e. The number of nitro benzene ring substituents is 1. The molecular weight excluding hydrogens is 208 g/mol. The van der Waals surface area contributed by atoms with Crippen LogP contribution in [0.15, 0.2) is 18.2 Å². The van der Waals surface area contributed by atoms with E-state index in [0.29, 0.717) is 5.92 Å². The summed E-state index contributed by atoms with van der Waals surface area (Å²) < 4.78 is 4.97. The zero-order valence-corrected chi connectivity index (χ0v) is 9.69. The predicted molar refractivity (Wildman–Crippen MR) is 63.0 cm³/mol. The molecule has 88 valence electrons. The van der Waals surface area contributed by atoms with E-state index in [0.717, 1.165) is 12.2 Å².